The van der Waals surface area contributed by atoms with Crippen molar-refractivity contribution in [2.24, 2.45) is 0 Å². The highest BCUT2D eigenvalue weighted by atomic mass is 16.5. The molecule has 0 aliphatic carbocycles. The lowest BCUT2D eigenvalue weighted by molar-refractivity contribution is -0.121. The minimum absolute atomic E-state index is 0.0178. The van der Waals surface area contributed by atoms with Gasteiger partial charge in [0.1, 0.15) is 5.75 Å². The molecule has 0 aliphatic rings. The van der Waals surface area contributed by atoms with Crippen molar-refractivity contribution < 1.29 is 19.0 Å². The topological polar surface area (TPSA) is 68.8 Å². The molecule has 0 heterocycles. The number of anilines is 1. The fraction of sp³-hybridized carbons (Fsp3) is 0.316. The molecule has 25 heavy (non-hydrogen) atoms. The van der Waals surface area contributed by atoms with E-state index >= 15 is 0 Å². The molecule has 134 valence electrons. The molecule has 0 atom stereocenters. The summed E-state index contributed by atoms with van der Waals surface area (Å²) in [5, 5.41) is 6.10. The Hall–Kier alpha value is -2.89. The summed E-state index contributed by atoms with van der Waals surface area (Å²) in [6.07, 6.45) is 0.388. The van der Waals surface area contributed by atoms with Crippen LogP contribution in [0.25, 0.3) is 0 Å². The van der Waals surface area contributed by atoms with Crippen LogP contribution in [0.4, 0.5) is 5.69 Å². The number of carbonyl (C=O) groups is 1. The maximum atomic E-state index is 12.0. The highest BCUT2D eigenvalue weighted by molar-refractivity contribution is 5.76. The summed E-state index contributed by atoms with van der Waals surface area (Å²) in [5.74, 6) is 2.10. The van der Waals surface area contributed by atoms with E-state index in [4.69, 9.17) is 14.2 Å². The molecule has 0 fully saturated rings. The molecule has 0 saturated heterocycles. The van der Waals surface area contributed by atoms with Crippen LogP contribution < -0.4 is 24.8 Å². The van der Waals surface area contributed by atoms with Crippen LogP contribution in [0.5, 0.6) is 17.2 Å². The first-order chi connectivity index (χ1) is 12.2. The molecular weight excluding hydrogens is 320 g/mol. The van der Waals surface area contributed by atoms with Crippen LogP contribution in [-0.2, 0) is 11.3 Å². The van der Waals surface area contributed by atoms with Crippen molar-refractivity contribution in [3.8, 4) is 17.2 Å². The zero-order valence-corrected chi connectivity index (χ0v) is 14.8. The van der Waals surface area contributed by atoms with E-state index in [1.165, 1.54) is 0 Å². The van der Waals surface area contributed by atoms with E-state index in [-0.39, 0.29) is 5.91 Å². The van der Waals surface area contributed by atoms with Gasteiger partial charge < -0.3 is 24.8 Å². The highest BCUT2D eigenvalue weighted by Gasteiger charge is 2.06. The summed E-state index contributed by atoms with van der Waals surface area (Å²) in [6, 6.07) is 13.2. The zero-order valence-electron chi connectivity index (χ0n) is 14.8. The lowest BCUT2D eigenvalue weighted by Crippen LogP contribution is -2.24. The van der Waals surface area contributed by atoms with Gasteiger partial charge >= 0.3 is 0 Å². The second-order valence-corrected chi connectivity index (χ2v) is 5.37. The molecule has 0 bridgehead atoms. The molecule has 0 radical (unpaired) electrons. The molecule has 6 heteroatoms. The number of ether oxygens (including phenoxy) is 3. The van der Waals surface area contributed by atoms with E-state index in [2.05, 4.69) is 10.6 Å². The van der Waals surface area contributed by atoms with Gasteiger partial charge in [0.25, 0.3) is 0 Å². The Kier molecular flexibility index (Phi) is 6.95. The van der Waals surface area contributed by atoms with Crippen LogP contribution in [0.1, 0.15) is 12.0 Å². The maximum Gasteiger partial charge on any atom is 0.222 e. The van der Waals surface area contributed by atoms with Crippen LogP contribution >= 0.6 is 0 Å². The third-order valence-corrected chi connectivity index (χ3v) is 3.71. The maximum absolute atomic E-state index is 12.0. The molecule has 2 aromatic carbocycles. The number of hydrogen-bond donors (Lipinski definition) is 2. The molecule has 0 aromatic heterocycles. The van der Waals surface area contributed by atoms with Crippen molar-refractivity contribution in [3.05, 3.63) is 48.0 Å². The van der Waals surface area contributed by atoms with Gasteiger partial charge in [0.05, 0.1) is 21.3 Å². The second kappa shape index (κ2) is 9.42. The van der Waals surface area contributed by atoms with Crippen LogP contribution in [0.15, 0.2) is 42.5 Å². The minimum atomic E-state index is -0.0178. The molecule has 1 amide bonds. The lowest BCUT2D eigenvalue weighted by atomic mass is 10.2. The predicted octanol–water partition coefficient (Wildman–Crippen LogP) is 2.83. The molecule has 2 aromatic rings. The van der Waals surface area contributed by atoms with Crippen molar-refractivity contribution in [2.75, 3.05) is 33.2 Å². The summed E-state index contributed by atoms with van der Waals surface area (Å²) < 4.78 is 15.6. The van der Waals surface area contributed by atoms with E-state index in [1.54, 1.807) is 21.3 Å². The molecular formula is C19H24N2O4. The third kappa shape index (κ3) is 5.60. The highest BCUT2D eigenvalue weighted by Crippen LogP contribution is 2.27. The number of methoxy groups -OCH3 is 3. The van der Waals surface area contributed by atoms with E-state index in [0.29, 0.717) is 31.0 Å². The van der Waals surface area contributed by atoms with Crippen molar-refractivity contribution in [2.45, 2.75) is 13.0 Å². The van der Waals surface area contributed by atoms with Gasteiger partial charge in [-0.3, -0.25) is 4.79 Å². The molecule has 0 saturated carbocycles. The van der Waals surface area contributed by atoms with Crippen molar-refractivity contribution in [1.82, 2.24) is 5.32 Å². The Labute approximate surface area is 148 Å². The third-order valence-electron chi connectivity index (χ3n) is 3.71. The molecule has 6 nitrogen and oxygen atoms in total. The Morgan fingerprint density at radius 2 is 1.64 bits per heavy atom. The SMILES string of the molecule is COc1ccc(NCCC(=O)NCc2ccc(OC)c(OC)c2)cc1. The first-order valence-electron chi connectivity index (χ1n) is 8.01. The second-order valence-electron chi connectivity index (χ2n) is 5.37. The average Bonchev–Trinajstić information content (AvgIpc) is 2.66. The quantitative estimate of drug-likeness (QED) is 0.732. The normalized spacial score (nSPS) is 10.0. The van der Waals surface area contributed by atoms with Crippen LogP contribution in [0.3, 0.4) is 0 Å². The summed E-state index contributed by atoms with van der Waals surface area (Å²) in [7, 11) is 4.81. The van der Waals surface area contributed by atoms with Crippen LogP contribution in [-0.4, -0.2) is 33.8 Å². The molecule has 0 unspecified atom stereocenters. The van der Waals surface area contributed by atoms with Gasteiger partial charge in [0, 0.05) is 25.2 Å². The summed E-state index contributed by atoms with van der Waals surface area (Å²) in [5.41, 5.74) is 1.91. The Morgan fingerprint density at radius 1 is 0.920 bits per heavy atom. The van der Waals surface area contributed by atoms with Gasteiger partial charge in [-0.15, -0.1) is 0 Å². The van der Waals surface area contributed by atoms with E-state index in [1.807, 2.05) is 42.5 Å². The van der Waals surface area contributed by atoms with E-state index < -0.39 is 0 Å². The summed E-state index contributed by atoms with van der Waals surface area (Å²) in [6.45, 7) is 1.01. The first-order valence-corrected chi connectivity index (χ1v) is 8.01. The van der Waals surface area contributed by atoms with Crippen LogP contribution in [0.2, 0.25) is 0 Å². The minimum Gasteiger partial charge on any atom is -0.497 e. The number of nitrogens with one attached hydrogen (secondary N) is 2. The number of benzene rings is 2. The number of amides is 1. The Morgan fingerprint density at radius 3 is 2.28 bits per heavy atom. The van der Waals surface area contributed by atoms with Gasteiger partial charge in [-0.05, 0) is 42.0 Å². The number of rotatable bonds is 9. The van der Waals surface area contributed by atoms with Gasteiger partial charge in [-0.1, -0.05) is 6.07 Å². The van der Waals surface area contributed by atoms with E-state index in [0.717, 1.165) is 17.0 Å². The molecule has 2 rings (SSSR count). The van der Waals surface area contributed by atoms with Crippen molar-refractivity contribution in [3.63, 3.8) is 0 Å². The zero-order chi connectivity index (χ0) is 18.1. The standard InChI is InChI=1S/C19H24N2O4/c1-23-16-7-5-15(6-8-16)20-11-10-19(22)21-13-14-4-9-17(24-2)18(12-14)25-3/h4-9,12,20H,10-11,13H2,1-3H3,(H,21,22). The van der Waals surface area contributed by atoms with Gasteiger partial charge in [-0.2, -0.15) is 0 Å². The first kappa shape index (κ1) is 18.4. The summed E-state index contributed by atoms with van der Waals surface area (Å²) in [4.78, 5) is 12.0. The molecule has 2 N–H and O–H groups in total. The fourth-order valence-corrected chi connectivity index (χ4v) is 2.31. The lowest BCUT2D eigenvalue weighted by Gasteiger charge is -2.11. The van der Waals surface area contributed by atoms with Gasteiger partial charge in [0.2, 0.25) is 5.91 Å². The van der Waals surface area contributed by atoms with Crippen molar-refractivity contribution >= 4 is 11.6 Å². The predicted molar refractivity (Wildman–Crippen MR) is 97.5 cm³/mol. The molecule has 0 aliphatic heterocycles. The van der Waals surface area contributed by atoms with E-state index in [9.17, 15) is 4.79 Å². The Bertz CT molecular complexity index is 686. The smallest absolute Gasteiger partial charge is 0.222 e. The number of carbonyl (C=O) groups excluding carboxylic acids is 1. The van der Waals surface area contributed by atoms with Gasteiger partial charge in [-0.25, -0.2) is 0 Å². The largest absolute Gasteiger partial charge is 0.497 e. The number of hydrogen-bond acceptors (Lipinski definition) is 5. The average molecular weight is 344 g/mol. The monoisotopic (exact) mass is 344 g/mol. The fourth-order valence-electron chi connectivity index (χ4n) is 2.31. The molecule has 0 spiro atoms. The Balaban J connectivity index is 1.75. The van der Waals surface area contributed by atoms with Crippen LogP contribution in [0, 0.1) is 0 Å². The van der Waals surface area contributed by atoms with Crippen molar-refractivity contribution in [1.29, 1.82) is 0 Å². The summed E-state index contributed by atoms with van der Waals surface area (Å²) >= 11 is 0. The van der Waals surface area contributed by atoms with Gasteiger partial charge in [0.15, 0.2) is 11.5 Å².